The van der Waals surface area contributed by atoms with Crippen molar-refractivity contribution in [1.82, 2.24) is 14.9 Å². The molecule has 0 saturated heterocycles. The maximum absolute atomic E-state index is 12.2. The standard InChI is InChI=1S/C17H19Cl2N3O2/c1-2-3-15-20-14-9-22(5-4-12(14)17(24)21-15)8-10-6-11(18)7-13(19)16(10)23/h6-7,23H,2-5,8-9H2,1H3,(H,20,21,24). The molecule has 0 amide bonds. The third kappa shape index (κ3) is 3.58. The van der Waals surface area contributed by atoms with Gasteiger partial charge in [-0.05, 0) is 25.0 Å². The van der Waals surface area contributed by atoms with Crippen molar-refractivity contribution in [1.29, 1.82) is 0 Å². The number of nitrogens with zero attached hydrogens (tertiary/aromatic N) is 2. The Morgan fingerprint density at radius 1 is 1.38 bits per heavy atom. The van der Waals surface area contributed by atoms with E-state index in [9.17, 15) is 9.90 Å². The Hall–Kier alpha value is -1.56. The molecule has 2 N–H and O–H groups in total. The van der Waals surface area contributed by atoms with Crippen LogP contribution in [0.5, 0.6) is 5.75 Å². The SMILES string of the molecule is CCCc1nc2c(c(=O)[nH]1)CCN(Cc1cc(Cl)cc(Cl)c1O)C2. The monoisotopic (exact) mass is 367 g/mol. The number of aromatic nitrogens is 2. The molecule has 7 heteroatoms. The van der Waals surface area contributed by atoms with Gasteiger partial charge < -0.3 is 10.1 Å². The topological polar surface area (TPSA) is 69.2 Å². The lowest BCUT2D eigenvalue weighted by Gasteiger charge is -2.28. The number of rotatable bonds is 4. The van der Waals surface area contributed by atoms with Gasteiger partial charge in [0.15, 0.2) is 0 Å². The molecular weight excluding hydrogens is 349 g/mol. The molecule has 3 rings (SSSR count). The van der Waals surface area contributed by atoms with Crippen LogP contribution in [0.2, 0.25) is 10.0 Å². The zero-order valence-corrected chi connectivity index (χ0v) is 14.9. The summed E-state index contributed by atoms with van der Waals surface area (Å²) in [5, 5.41) is 10.9. The Kier molecular flexibility index (Phi) is 5.13. The second kappa shape index (κ2) is 7.13. The van der Waals surface area contributed by atoms with Crippen LogP contribution in [0.15, 0.2) is 16.9 Å². The van der Waals surface area contributed by atoms with Crippen LogP contribution in [-0.4, -0.2) is 26.5 Å². The summed E-state index contributed by atoms with van der Waals surface area (Å²) < 4.78 is 0. The average Bonchev–Trinajstić information content (AvgIpc) is 2.52. The molecule has 0 atom stereocenters. The van der Waals surface area contributed by atoms with Gasteiger partial charge in [0.1, 0.15) is 11.6 Å². The maximum Gasteiger partial charge on any atom is 0.254 e. The predicted molar refractivity (Wildman–Crippen MR) is 94.8 cm³/mol. The fraction of sp³-hybridized carbons (Fsp3) is 0.412. The van der Waals surface area contributed by atoms with Crippen LogP contribution in [0, 0.1) is 0 Å². The lowest BCUT2D eigenvalue weighted by molar-refractivity contribution is 0.237. The van der Waals surface area contributed by atoms with Crippen LogP contribution in [0.3, 0.4) is 0 Å². The minimum absolute atomic E-state index is 0.0308. The minimum Gasteiger partial charge on any atom is -0.506 e. The summed E-state index contributed by atoms with van der Waals surface area (Å²) in [4.78, 5) is 21.8. The Labute approximate surface area is 150 Å². The number of aromatic amines is 1. The normalized spacial score (nSPS) is 14.6. The molecule has 0 spiro atoms. The Balaban J connectivity index is 1.84. The van der Waals surface area contributed by atoms with E-state index in [4.69, 9.17) is 23.2 Å². The van der Waals surface area contributed by atoms with Crippen molar-refractivity contribution in [3.05, 3.63) is 55.2 Å². The van der Waals surface area contributed by atoms with Crippen molar-refractivity contribution in [3.63, 3.8) is 0 Å². The van der Waals surface area contributed by atoms with Gasteiger partial charge in [-0.1, -0.05) is 30.1 Å². The van der Waals surface area contributed by atoms with Gasteiger partial charge in [-0.3, -0.25) is 9.69 Å². The Morgan fingerprint density at radius 2 is 2.17 bits per heavy atom. The maximum atomic E-state index is 12.2. The third-order valence-corrected chi connectivity index (χ3v) is 4.70. The van der Waals surface area contributed by atoms with Gasteiger partial charge in [0, 0.05) is 42.2 Å². The second-order valence-corrected chi connectivity index (χ2v) is 6.89. The number of phenolic OH excluding ortho intramolecular Hbond substituents is 1. The first-order valence-electron chi connectivity index (χ1n) is 7.98. The van der Waals surface area contributed by atoms with E-state index < -0.39 is 0 Å². The smallest absolute Gasteiger partial charge is 0.254 e. The highest BCUT2D eigenvalue weighted by molar-refractivity contribution is 6.35. The number of nitrogens with one attached hydrogen (secondary N) is 1. The average molecular weight is 368 g/mol. The van der Waals surface area contributed by atoms with Gasteiger partial charge in [0.25, 0.3) is 5.56 Å². The van der Waals surface area contributed by atoms with Crippen molar-refractivity contribution >= 4 is 23.2 Å². The summed E-state index contributed by atoms with van der Waals surface area (Å²) in [6.07, 6.45) is 2.33. The van der Waals surface area contributed by atoms with Crippen LogP contribution in [-0.2, 0) is 25.9 Å². The molecule has 1 aromatic carbocycles. The van der Waals surface area contributed by atoms with E-state index in [2.05, 4.69) is 21.8 Å². The zero-order chi connectivity index (χ0) is 17.3. The van der Waals surface area contributed by atoms with Crippen LogP contribution < -0.4 is 5.56 Å². The molecule has 0 radical (unpaired) electrons. The lowest BCUT2D eigenvalue weighted by atomic mass is 10.0. The number of hydrogen-bond donors (Lipinski definition) is 2. The fourth-order valence-corrected chi connectivity index (χ4v) is 3.55. The second-order valence-electron chi connectivity index (χ2n) is 6.04. The number of hydrogen-bond acceptors (Lipinski definition) is 4. The summed E-state index contributed by atoms with van der Waals surface area (Å²) in [6.45, 7) is 3.84. The van der Waals surface area contributed by atoms with Gasteiger partial charge in [-0.25, -0.2) is 4.98 Å². The van der Waals surface area contributed by atoms with Gasteiger partial charge in [0.05, 0.1) is 10.7 Å². The summed E-state index contributed by atoms with van der Waals surface area (Å²) >= 11 is 12.0. The number of fused-ring (bicyclic) bond motifs is 1. The minimum atomic E-state index is -0.0308. The molecule has 2 heterocycles. The van der Waals surface area contributed by atoms with Crippen molar-refractivity contribution in [2.45, 2.75) is 39.3 Å². The molecule has 0 bridgehead atoms. The number of H-pyrrole nitrogens is 1. The molecule has 0 saturated carbocycles. The molecule has 1 aliphatic heterocycles. The highest BCUT2D eigenvalue weighted by Crippen LogP contribution is 2.32. The van der Waals surface area contributed by atoms with Crippen LogP contribution >= 0.6 is 23.2 Å². The lowest BCUT2D eigenvalue weighted by Crippen LogP contribution is -2.35. The largest absolute Gasteiger partial charge is 0.506 e. The van der Waals surface area contributed by atoms with E-state index in [-0.39, 0.29) is 16.3 Å². The molecule has 1 aliphatic rings. The first kappa shape index (κ1) is 17.3. The highest BCUT2D eigenvalue weighted by Gasteiger charge is 2.22. The van der Waals surface area contributed by atoms with E-state index in [1.165, 1.54) is 6.07 Å². The number of aryl methyl sites for hydroxylation is 1. The number of aromatic hydroxyl groups is 1. The highest BCUT2D eigenvalue weighted by atomic mass is 35.5. The van der Waals surface area contributed by atoms with Gasteiger partial charge >= 0.3 is 0 Å². The molecule has 24 heavy (non-hydrogen) atoms. The molecule has 0 fully saturated rings. The van der Waals surface area contributed by atoms with Gasteiger partial charge in [-0.15, -0.1) is 0 Å². The number of halogens is 2. The summed E-state index contributed by atoms with van der Waals surface area (Å²) in [5.41, 5.74) is 2.23. The Morgan fingerprint density at radius 3 is 2.92 bits per heavy atom. The summed E-state index contributed by atoms with van der Waals surface area (Å²) in [7, 11) is 0. The van der Waals surface area contributed by atoms with Crippen molar-refractivity contribution in [2.75, 3.05) is 6.54 Å². The van der Waals surface area contributed by atoms with Crippen LogP contribution in [0.4, 0.5) is 0 Å². The molecule has 0 unspecified atom stereocenters. The first-order valence-corrected chi connectivity index (χ1v) is 8.73. The van der Waals surface area contributed by atoms with E-state index in [0.29, 0.717) is 36.6 Å². The van der Waals surface area contributed by atoms with E-state index >= 15 is 0 Å². The Bertz CT molecular complexity index is 820. The first-order chi connectivity index (χ1) is 11.5. The third-order valence-electron chi connectivity index (χ3n) is 4.19. The fourth-order valence-electron chi connectivity index (χ4n) is 3.02. The molecule has 128 valence electrons. The summed E-state index contributed by atoms with van der Waals surface area (Å²) in [5.74, 6) is 0.786. The number of benzene rings is 1. The molecule has 5 nitrogen and oxygen atoms in total. The van der Waals surface area contributed by atoms with Crippen molar-refractivity contribution in [3.8, 4) is 5.75 Å². The van der Waals surface area contributed by atoms with Crippen molar-refractivity contribution < 1.29 is 5.11 Å². The van der Waals surface area contributed by atoms with E-state index in [1.807, 2.05) is 0 Å². The van der Waals surface area contributed by atoms with Gasteiger partial charge in [0.2, 0.25) is 0 Å². The zero-order valence-electron chi connectivity index (χ0n) is 13.4. The predicted octanol–water partition coefficient (Wildman–Crippen LogP) is 3.29. The summed E-state index contributed by atoms with van der Waals surface area (Å²) in [6, 6.07) is 3.23. The number of phenols is 1. The molecule has 1 aromatic heterocycles. The molecule has 0 aliphatic carbocycles. The van der Waals surface area contributed by atoms with Gasteiger partial charge in [-0.2, -0.15) is 0 Å². The van der Waals surface area contributed by atoms with Crippen molar-refractivity contribution in [2.24, 2.45) is 0 Å². The van der Waals surface area contributed by atoms with Crippen LogP contribution in [0.1, 0.15) is 36.0 Å². The van der Waals surface area contributed by atoms with Crippen LogP contribution in [0.25, 0.3) is 0 Å². The molecular formula is C17H19Cl2N3O2. The quantitative estimate of drug-likeness (QED) is 0.869. The van der Waals surface area contributed by atoms with E-state index in [1.54, 1.807) is 6.07 Å². The van der Waals surface area contributed by atoms with E-state index in [0.717, 1.165) is 29.9 Å². The molecule has 2 aromatic rings.